The molecule has 0 spiro atoms. The molecule has 1 saturated heterocycles. The summed E-state index contributed by atoms with van der Waals surface area (Å²) in [4.78, 5) is 0. The number of ether oxygens (including phenoxy) is 2. The third-order valence-electron chi connectivity index (χ3n) is 3.82. The molecule has 2 atom stereocenters. The van der Waals surface area contributed by atoms with Gasteiger partial charge in [0, 0.05) is 13.2 Å². The van der Waals surface area contributed by atoms with Crippen molar-refractivity contribution in [3.05, 3.63) is 11.9 Å². The Kier molecular flexibility index (Phi) is 5.22. The molecule has 1 fully saturated rings. The SMILES string of the molecule is CCn1ncc(OC)c1C(CC1CCCCO1)NC. The van der Waals surface area contributed by atoms with Crippen molar-refractivity contribution in [3.63, 3.8) is 0 Å². The monoisotopic (exact) mass is 267 g/mol. The third-order valence-corrected chi connectivity index (χ3v) is 3.82. The number of methoxy groups -OCH3 is 1. The van der Waals surface area contributed by atoms with Crippen LogP contribution in [-0.4, -0.2) is 36.6 Å². The molecule has 5 nitrogen and oxygen atoms in total. The Morgan fingerprint density at radius 3 is 3.00 bits per heavy atom. The predicted octanol–water partition coefficient (Wildman–Crippen LogP) is 2.13. The zero-order valence-corrected chi connectivity index (χ0v) is 12.2. The van der Waals surface area contributed by atoms with Crippen LogP contribution in [0.3, 0.4) is 0 Å². The fraction of sp³-hybridized carbons (Fsp3) is 0.786. The van der Waals surface area contributed by atoms with Gasteiger partial charge in [0.2, 0.25) is 0 Å². The molecule has 19 heavy (non-hydrogen) atoms. The van der Waals surface area contributed by atoms with Crippen LogP contribution in [0.5, 0.6) is 5.75 Å². The first kappa shape index (κ1) is 14.3. The van der Waals surface area contributed by atoms with E-state index in [-0.39, 0.29) is 6.04 Å². The van der Waals surface area contributed by atoms with Gasteiger partial charge in [-0.15, -0.1) is 0 Å². The minimum atomic E-state index is 0.223. The van der Waals surface area contributed by atoms with Gasteiger partial charge in [0.15, 0.2) is 5.75 Å². The molecule has 0 amide bonds. The van der Waals surface area contributed by atoms with E-state index in [9.17, 15) is 0 Å². The highest BCUT2D eigenvalue weighted by atomic mass is 16.5. The molecule has 1 aromatic heterocycles. The zero-order chi connectivity index (χ0) is 13.7. The quantitative estimate of drug-likeness (QED) is 0.858. The van der Waals surface area contributed by atoms with Crippen LogP contribution >= 0.6 is 0 Å². The number of nitrogens with one attached hydrogen (secondary N) is 1. The van der Waals surface area contributed by atoms with Crippen molar-refractivity contribution < 1.29 is 9.47 Å². The van der Waals surface area contributed by atoms with Gasteiger partial charge in [-0.05, 0) is 39.7 Å². The molecular weight excluding hydrogens is 242 g/mol. The second kappa shape index (κ2) is 6.91. The van der Waals surface area contributed by atoms with Crippen molar-refractivity contribution in [2.24, 2.45) is 0 Å². The van der Waals surface area contributed by atoms with Crippen LogP contribution in [0.2, 0.25) is 0 Å². The average Bonchev–Trinajstić information content (AvgIpc) is 2.88. The van der Waals surface area contributed by atoms with E-state index in [1.165, 1.54) is 12.8 Å². The molecule has 1 aliphatic heterocycles. The minimum Gasteiger partial charge on any atom is -0.493 e. The molecule has 1 aliphatic rings. The summed E-state index contributed by atoms with van der Waals surface area (Å²) in [6.45, 7) is 3.84. The van der Waals surface area contributed by atoms with E-state index in [0.717, 1.165) is 37.4 Å². The first-order valence-electron chi connectivity index (χ1n) is 7.18. The summed E-state index contributed by atoms with van der Waals surface area (Å²) in [7, 11) is 3.68. The summed E-state index contributed by atoms with van der Waals surface area (Å²) in [6.07, 6.45) is 6.72. The van der Waals surface area contributed by atoms with Gasteiger partial charge in [-0.3, -0.25) is 4.68 Å². The van der Waals surface area contributed by atoms with Gasteiger partial charge < -0.3 is 14.8 Å². The highest BCUT2D eigenvalue weighted by Crippen LogP contribution is 2.30. The minimum absolute atomic E-state index is 0.223. The van der Waals surface area contributed by atoms with Gasteiger partial charge in [-0.2, -0.15) is 5.10 Å². The second-order valence-corrected chi connectivity index (χ2v) is 4.98. The zero-order valence-electron chi connectivity index (χ0n) is 12.2. The molecule has 2 unspecified atom stereocenters. The van der Waals surface area contributed by atoms with Crippen molar-refractivity contribution >= 4 is 0 Å². The Bertz CT molecular complexity index is 365. The molecule has 0 bridgehead atoms. The van der Waals surface area contributed by atoms with Crippen molar-refractivity contribution in [1.82, 2.24) is 15.1 Å². The predicted molar refractivity (Wildman–Crippen MR) is 74.5 cm³/mol. The summed E-state index contributed by atoms with van der Waals surface area (Å²) in [6, 6.07) is 0.223. The largest absolute Gasteiger partial charge is 0.493 e. The van der Waals surface area contributed by atoms with Gasteiger partial charge in [0.1, 0.15) is 0 Å². The van der Waals surface area contributed by atoms with E-state index in [1.807, 2.05) is 11.7 Å². The Labute approximate surface area is 115 Å². The van der Waals surface area contributed by atoms with Crippen molar-refractivity contribution in [2.45, 2.75) is 51.3 Å². The first-order valence-corrected chi connectivity index (χ1v) is 7.18. The van der Waals surface area contributed by atoms with Crippen molar-refractivity contribution in [3.8, 4) is 5.75 Å². The van der Waals surface area contributed by atoms with E-state index in [4.69, 9.17) is 9.47 Å². The molecule has 0 aromatic carbocycles. The van der Waals surface area contributed by atoms with Crippen LogP contribution in [0.4, 0.5) is 0 Å². The lowest BCUT2D eigenvalue weighted by molar-refractivity contribution is 0.00486. The van der Waals surface area contributed by atoms with Gasteiger partial charge in [-0.25, -0.2) is 0 Å². The highest BCUT2D eigenvalue weighted by molar-refractivity contribution is 5.28. The summed E-state index contributed by atoms with van der Waals surface area (Å²) >= 11 is 0. The van der Waals surface area contributed by atoms with E-state index in [0.29, 0.717) is 6.10 Å². The Morgan fingerprint density at radius 1 is 1.58 bits per heavy atom. The second-order valence-electron chi connectivity index (χ2n) is 4.98. The fourth-order valence-electron chi connectivity index (χ4n) is 2.76. The van der Waals surface area contributed by atoms with Crippen LogP contribution in [0.25, 0.3) is 0 Å². The summed E-state index contributed by atoms with van der Waals surface area (Å²) < 4.78 is 13.3. The lowest BCUT2D eigenvalue weighted by Gasteiger charge is -2.27. The first-order chi connectivity index (χ1) is 9.30. The van der Waals surface area contributed by atoms with E-state index in [1.54, 1.807) is 13.3 Å². The molecule has 108 valence electrons. The molecule has 5 heteroatoms. The van der Waals surface area contributed by atoms with Gasteiger partial charge >= 0.3 is 0 Å². The molecule has 1 N–H and O–H groups in total. The third kappa shape index (κ3) is 3.28. The Morgan fingerprint density at radius 2 is 2.42 bits per heavy atom. The molecule has 0 aliphatic carbocycles. The van der Waals surface area contributed by atoms with Gasteiger partial charge in [0.05, 0.1) is 31.1 Å². The van der Waals surface area contributed by atoms with Crippen LogP contribution in [0.15, 0.2) is 6.20 Å². The summed E-state index contributed by atoms with van der Waals surface area (Å²) in [5.74, 6) is 0.858. The molecule has 0 radical (unpaired) electrons. The number of hydrogen-bond acceptors (Lipinski definition) is 4. The van der Waals surface area contributed by atoms with Crippen molar-refractivity contribution in [2.75, 3.05) is 20.8 Å². The maximum Gasteiger partial charge on any atom is 0.161 e. The normalized spacial score (nSPS) is 21.3. The van der Waals surface area contributed by atoms with Crippen LogP contribution in [0.1, 0.15) is 44.3 Å². The molecule has 2 heterocycles. The smallest absolute Gasteiger partial charge is 0.161 e. The maximum atomic E-state index is 5.84. The Hall–Kier alpha value is -1.07. The lowest BCUT2D eigenvalue weighted by atomic mass is 9.99. The number of aromatic nitrogens is 2. The van der Waals surface area contributed by atoms with E-state index in [2.05, 4.69) is 17.3 Å². The van der Waals surface area contributed by atoms with Crippen molar-refractivity contribution in [1.29, 1.82) is 0 Å². The fourth-order valence-corrected chi connectivity index (χ4v) is 2.76. The lowest BCUT2D eigenvalue weighted by Crippen LogP contribution is -2.28. The highest BCUT2D eigenvalue weighted by Gasteiger charge is 2.25. The molecular formula is C14H25N3O2. The number of aryl methyl sites for hydroxylation is 1. The summed E-state index contributed by atoms with van der Waals surface area (Å²) in [5.41, 5.74) is 1.13. The molecule has 0 saturated carbocycles. The number of rotatable bonds is 6. The molecule has 1 aromatic rings. The van der Waals surface area contributed by atoms with Gasteiger partial charge in [-0.1, -0.05) is 0 Å². The van der Waals surface area contributed by atoms with E-state index >= 15 is 0 Å². The summed E-state index contributed by atoms with van der Waals surface area (Å²) in [5, 5.41) is 7.76. The van der Waals surface area contributed by atoms with E-state index < -0.39 is 0 Å². The maximum absolute atomic E-state index is 5.84. The van der Waals surface area contributed by atoms with Crippen LogP contribution in [0, 0.1) is 0 Å². The Balaban J connectivity index is 2.13. The number of nitrogens with zero attached hydrogens (tertiary/aromatic N) is 2. The van der Waals surface area contributed by atoms with Crippen LogP contribution in [-0.2, 0) is 11.3 Å². The standard InChI is InChI=1S/C14H25N3O2/c1-4-17-14(13(18-3)10-16-17)12(15-2)9-11-7-5-6-8-19-11/h10-12,15H,4-9H2,1-3H3. The number of hydrogen-bond donors (Lipinski definition) is 1. The molecule has 2 rings (SSSR count). The topological polar surface area (TPSA) is 48.3 Å². The van der Waals surface area contributed by atoms with Gasteiger partial charge in [0.25, 0.3) is 0 Å². The average molecular weight is 267 g/mol. The van der Waals surface area contributed by atoms with Crippen LogP contribution < -0.4 is 10.1 Å².